The molecule has 2 aromatic rings. The Hall–Kier alpha value is -3.09. The maximum Gasteiger partial charge on any atom is 0.243 e. The number of rotatable bonds is 13. The first-order valence-corrected chi connectivity index (χ1v) is 12.0. The first-order valence-electron chi connectivity index (χ1n) is 12.0. The average Bonchev–Trinajstić information content (AvgIpc) is 2.80. The fourth-order valence-corrected chi connectivity index (χ4v) is 3.73. The van der Waals surface area contributed by atoms with Crippen molar-refractivity contribution in [1.82, 2.24) is 10.2 Å². The predicted molar refractivity (Wildman–Crippen MR) is 131 cm³/mol. The lowest BCUT2D eigenvalue weighted by molar-refractivity contribution is -0.141. The van der Waals surface area contributed by atoms with Gasteiger partial charge in [-0.05, 0) is 75.9 Å². The molecule has 0 aliphatic heterocycles. The van der Waals surface area contributed by atoms with E-state index in [-0.39, 0.29) is 36.6 Å². The van der Waals surface area contributed by atoms with Crippen LogP contribution in [0.15, 0.2) is 42.5 Å². The van der Waals surface area contributed by atoms with Crippen LogP contribution in [0.25, 0.3) is 0 Å². The quantitative estimate of drug-likeness (QED) is 0.451. The van der Waals surface area contributed by atoms with Gasteiger partial charge in [-0.1, -0.05) is 25.1 Å². The lowest BCUT2D eigenvalue weighted by atomic mass is 10.1. The smallest absolute Gasteiger partial charge is 0.243 e. The second-order valence-corrected chi connectivity index (χ2v) is 8.38. The van der Waals surface area contributed by atoms with E-state index in [4.69, 9.17) is 9.47 Å². The fraction of sp³-hybridized carbons (Fsp3) is 0.481. The number of hydrogen-bond acceptors (Lipinski definition) is 4. The molecule has 2 amide bonds. The summed E-state index contributed by atoms with van der Waals surface area (Å²) in [7, 11) is 0. The van der Waals surface area contributed by atoms with Gasteiger partial charge in [0.15, 0.2) is 11.5 Å². The van der Waals surface area contributed by atoms with Gasteiger partial charge in [0, 0.05) is 19.0 Å². The first kappa shape index (κ1) is 27.2. The molecule has 1 N–H and O–H groups in total. The van der Waals surface area contributed by atoms with E-state index in [1.54, 1.807) is 17.0 Å². The molecule has 186 valence electrons. The Bertz CT molecular complexity index is 931. The maximum absolute atomic E-state index is 13.4. The number of nitrogens with zero attached hydrogens (tertiary/aromatic N) is 1. The highest BCUT2D eigenvalue weighted by atomic mass is 19.1. The van der Waals surface area contributed by atoms with Crippen LogP contribution in [-0.2, 0) is 22.6 Å². The summed E-state index contributed by atoms with van der Waals surface area (Å²) in [6, 6.07) is 11.0. The minimum absolute atomic E-state index is 0.0369. The molecule has 6 nitrogen and oxygen atoms in total. The number of nitrogens with one attached hydrogen (secondary N) is 1. The van der Waals surface area contributed by atoms with Gasteiger partial charge in [0.25, 0.3) is 0 Å². The highest BCUT2D eigenvalue weighted by molar-refractivity contribution is 5.87. The van der Waals surface area contributed by atoms with E-state index < -0.39 is 6.04 Å². The normalized spacial score (nSPS) is 11.7. The van der Waals surface area contributed by atoms with Crippen molar-refractivity contribution in [2.24, 2.45) is 0 Å². The number of amides is 2. The summed E-state index contributed by atoms with van der Waals surface area (Å²) in [5.74, 6) is 0.662. The molecule has 2 rings (SSSR count). The van der Waals surface area contributed by atoms with Crippen LogP contribution < -0.4 is 14.8 Å². The molecule has 0 spiro atoms. The molecule has 0 saturated carbocycles. The summed E-state index contributed by atoms with van der Waals surface area (Å²) in [6.07, 6.45) is 1.20. The zero-order valence-electron chi connectivity index (χ0n) is 20.9. The maximum atomic E-state index is 13.4. The van der Waals surface area contributed by atoms with Crippen molar-refractivity contribution in [3.05, 3.63) is 59.4 Å². The van der Waals surface area contributed by atoms with E-state index in [0.717, 1.165) is 11.1 Å². The monoisotopic (exact) mass is 472 g/mol. The van der Waals surface area contributed by atoms with E-state index in [2.05, 4.69) is 5.32 Å². The van der Waals surface area contributed by atoms with E-state index in [9.17, 15) is 14.0 Å². The minimum Gasteiger partial charge on any atom is -0.490 e. The third-order valence-electron chi connectivity index (χ3n) is 5.32. The van der Waals surface area contributed by atoms with Crippen LogP contribution in [-0.4, -0.2) is 42.0 Å². The number of ether oxygens (including phenoxy) is 2. The molecule has 7 heteroatoms. The van der Waals surface area contributed by atoms with Crippen LogP contribution in [0.2, 0.25) is 0 Å². The number of benzene rings is 2. The summed E-state index contributed by atoms with van der Waals surface area (Å²) in [5, 5.41) is 2.91. The highest BCUT2D eigenvalue weighted by Gasteiger charge is 2.28. The van der Waals surface area contributed by atoms with Crippen molar-refractivity contribution >= 4 is 11.8 Å². The minimum atomic E-state index is -0.612. The van der Waals surface area contributed by atoms with Crippen molar-refractivity contribution in [3.8, 4) is 11.5 Å². The number of halogens is 1. The summed E-state index contributed by atoms with van der Waals surface area (Å²) >= 11 is 0. The third kappa shape index (κ3) is 8.04. The molecule has 0 aliphatic carbocycles. The van der Waals surface area contributed by atoms with Gasteiger partial charge in [-0.15, -0.1) is 0 Å². The molecule has 2 aromatic carbocycles. The standard InChI is InChI=1S/C27H37FN2O4/c1-6-23(27(32)29-19(4)5)30(18-21-9-13-22(28)14-10-21)26(31)16-12-20-11-15-24(33-7-2)25(17-20)34-8-3/h9-11,13-15,17,19,23H,6-8,12,16,18H2,1-5H3,(H,29,32)/t23-/m1/s1. The number of carbonyl (C=O) groups excluding carboxylic acids is 2. The van der Waals surface area contributed by atoms with Gasteiger partial charge in [0.05, 0.1) is 13.2 Å². The van der Waals surface area contributed by atoms with Crippen molar-refractivity contribution in [2.45, 2.75) is 72.5 Å². The van der Waals surface area contributed by atoms with Gasteiger partial charge in [0.1, 0.15) is 11.9 Å². The molecule has 0 aromatic heterocycles. The van der Waals surface area contributed by atoms with Gasteiger partial charge in [-0.25, -0.2) is 4.39 Å². The molecule has 0 heterocycles. The summed E-state index contributed by atoms with van der Waals surface area (Å²) in [4.78, 5) is 27.8. The Morgan fingerprint density at radius 1 is 0.941 bits per heavy atom. The first-order chi connectivity index (χ1) is 16.3. The van der Waals surface area contributed by atoms with Gasteiger partial charge in [-0.3, -0.25) is 9.59 Å². The second kappa shape index (κ2) is 13.6. The Kier molecular flexibility index (Phi) is 10.8. The van der Waals surface area contributed by atoms with Crippen LogP contribution in [0.3, 0.4) is 0 Å². The van der Waals surface area contributed by atoms with Crippen molar-refractivity contribution in [2.75, 3.05) is 13.2 Å². The third-order valence-corrected chi connectivity index (χ3v) is 5.32. The molecule has 0 aliphatic rings. The van der Waals surface area contributed by atoms with Crippen LogP contribution >= 0.6 is 0 Å². The summed E-state index contributed by atoms with van der Waals surface area (Å²) in [6.45, 7) is 10.8. The van der Waals surface area contributed by atoms with Crippen LogP contribution in [0, 0.1) is 5.82 Å². The number of hydrogen-bond donors (Lipinski definition) is 1. The summed E-state index contributed by atoms with van der Waals surface area (Å²) in [5.41, 5.74) is 1.71. The van der Waals surface area contributed by atoms with Gasteiger partial charge < -0.3 is 19.7 Å². The Morgan fingerprint density at radius 3 is 2.15 bits per heavy atom. The largest absolute Gasteiger partial charge is 0.490 e. The fourth-order valence-electron chi connectivity index (χ4n) is 3.73. The van der Waals surface area contributed by atoms with E-state index in [0.29, 0.717) is 37.6 Å². The second-order valence-electron chi connectivity index (χ2n) is 8.38. The van der Waals surface area contributed by atoms with Crippen molar-refractivity contribution in [3.63, 3.8) is 0 Å². The van der Waals surface area contributed by atoms with Crippen LogP contribution in [0.1, 0.15) is 58.6 Å². The Labute approximate surface area is 202 Å². The molecular formula is C27H37FN2O4. The average molecular weight is 473 g/mol. The molecular weight excluding hydrogens is 435 g/mol. The summed E-state index contributed by atoms with van der Waals surface area (Å²) < 4.78 is 24.7. The Balaban J connectivity index is 2.22. The van der Waals surface area contributed by atoms with E-state index in [1.165, 1.54) is 12.1 Å². The van der Waals surface area contributed by atoms with Crippen LogP contribution in [0.4, 0.5) is 4.39 Å². The lowest BCUT2D eigenvalue weighted by Crippen LogP contribution is -2.50. The Morgan fingerprint density at radius 2 is 1.56 bits per heavy atom. The molecule has 0 saturated heterocycles. The lowest BCUT2D eigenvalue weighted by Gasteiger charge is -2.31. The molecule has 0 bridgehead atoms. The molecule has 0 radical (unpaired) electrons. The van der Waals surface area contributed by atoms with Gasteiger partial charge in [-0.2, -0.15) is 0 Å². The van der Waals surface area contributed by atoms with Crippen molar-refractivity contribution < 1.29 is 23.5 Å². The molecule has 34 heavy (non-hydrogen) atoms. The van der Waals surface area contributed by atoms with Crippen molar-refractivity contribution in [1.29, 1.82) is 0 Å². The molecule has 1 atom stereocenters. The van der Waals surface area contributed by atoms with Crippen LogP contribution in [0.5, 0.6) is 11.5 Å². The zero-order chi connectivity index (χ0) is 25.1. The van der Waals surface area contributed by atoms with E-state index in [1.807, 2.05) is 52.8 Å². The van der Waals surface area contributed by atoms with Gasteiger partial charge in [0.2, 0.25) is 11.8 Å². The SMILES string of the molecule is CCOc1ccc(CCC(=O)N(Cc2ccc(F)cc2)[C@H](CC)C(=O)NC(C)C)cc1OCC. The zero-order valence-corrected chi connectivity index (χ0v) is 20.9. The van der Waals surface area contributed by atoms with Gasteiger partial charge >= 0.3 is 0 Å². The number of aryl methyl sites for hydroxylation is 1. The predicted octanol–water partition coefficient (Wildman–Crippen LogP) is 4.89. The van der Waals surface area contributed by atoms with E-state index >= 15 is 0 Å². The number of carbonyl (C=O) groups is 2. The highest BCUT2D eigenvalue weighted by Crippen LogP contribution is 2.29. The molecule has 0 unspecified atom stereocenters. The topological polar surface area (TPSA) is 67.9 Å². The molecule has 0 fully saturated rings.